The minimum absolute atomic E-state index is 0.0558. The molecular weight excluding hydrogens is 330 g/mol. The van der Waals surface area contributed by atoms with Crippen molar-refractivity contribution in [3.05, 3.63) is 65.6 Å². The van der Waals surface area contributed by atoms with E-state index in [-0.39, 0.29) is 13.0 Å². The number of anilines is 1. The third kappa shape index (κ3) is 6.13. The van der Waals surface area contributed by atoms with Crippen molar-refractivity contribution < 1.29 is 23.1 Å². The first kappa shape index (κ1) is 17.6. The summed E-state index contributed by atoms with van der Waals surface area (Å²) in [5.74, 6) is -0.469. The Morgan fingerprint density at radius 3 is 2.38 bits per heavy atom. The van der Waals surface area contributed by atoms with Crippen molar-refractivity contribution in [2.24, 2.45) is 0 Å². The molecule has 0 amide bonds. The van der Waals surface area contributed by atoms with Gasteiger partial charge in [-0.05, 0) is 35.9 Å². The fraction of sp³-hybridized carbons (Fsp3) is 0.118. The standard InChI is InChI=1S/C17H17NO5S/c19-17(20)10-12-23-16-8-6-15(7-9-16)18-24(21,22)13-11-14-4-2-1-3-5-14/h1-9,11,13,18H,10,12H2,(H,19,20). The molecule has 0 saturated heterocycles. The summed E-state index contributed by atoms with van der Waals surface area (Å²) >= 11 is 0. The summed E-state index contributed by atoms with van der Waals surface area (Å²) in [6, 6.07) is 15.3. The quantitative estimate of drug-likeness (QED) is 0.766. The van der Waals surface area contributed by atoms with Gasteiger partial charge in [0.25, 0.3) is 10.0 Å². The summed E-state index contributed by atoms with van der Waals surface area (Å²) in [7, 11) is -3.62. The van der Waals surface area contributed by atoms with Gasteiger partial charge in [-0.15, -0.1) is 0 Å². The van der Waals surface area contributed by atoms with Crippen molar-refractivity contribution in [3.8, 4) is 5.75 Å². The van der Waals surface area contributed by atoms with Crippen molar-refractivity contribution in [2.45, 2.75) is 6.42 Å². The van der Waals surface area contributed by atoms with E-state index in [1.54, 1.807) is 36.4 Å². The van der Waals surface area contributed by atoms with E-state index in [1.165, 1.54) is 6.08 Å². The zero-order chi connectivity index (χ0) is 17.4. The van der Waals surface area contributed by atoms with E-state index in [4.69, 9.17) is 9.84 Å². The van der Waals surface area contributed by atoms with Gasteiger partial charge in [-0.2, -0.15) is 0 Å². The van der Waals surface area contributed by atoms with Gasteiger partial charge in [-0.25, -0.2) is 8.42 Å². The summed E-state index contributed by atoms with van der Waals surface area (Å²) < 4.78 is 31.7. The minimum atomic E-state index is -3.62. The fourth-order valence-corrected chi connectivity index (χ4v) is 2.67. The zero-order valence-corrected chi connectivity index (χ0v) is 13.6. The molecule has 0 aliphatic rings. The average Bonchev–Trinajstić information content (AvgIpc) is 2.55. The molecule has 0 fully saturated rings. The van der Waals surface area contributed by atoms with E-state index in [9.17, 15) is 13.2 Å². The number of benzene rings is 2. The minimum Gasteiger partial charge on any atom is -0.493 e. The molecule has 0 bridgehead atoms. The summed E-state index contributed by atoms with van der Waals surface area (Å²) in [4.78, 5) is 10.4. The number of ether oxygens (including phenoxy) is 1. The van der Waals surface area contributed by atoms with Crippen molar-refractivity contribution >= 4 is 27.8 Å². The van der Waals surface area contributed by atoms with Crippen LogP contribution in [0.15, 0.2) is 60.0 Å². The number of carboxylic acids is 1. The normalized spacial score (nSPS) is 11.3. The molecule has 0 atom stereocenters. The largest absolute Gasteiger partial charge is 0.493 e. The lowest BCUT2D eigenvalue weighted by molar-refractivity contribution is -0.137. The molecule has 0 aliphatic heterocycles. The molecular formula is C17H17NO5S. The number of hydrogen-bond acceptors (Lipinski definition) is 4. The molecule has 0 heterocycles. The second kappa shape index (κ2) is 8.16. The number of hydrogen-bond donors (Lipinski definition) is 2. The van der Waals surface area contributed by atoms with E-state index >= 15 is 0 Å². The van der Waals surface area contributed by atoms with Crippen LogP contribution < -0.4 is 9.46 Å². The van der Waals surface area contributed by atoms with Crippen LogP contribution in [0, 0.1) is 0 Å². The van der Waals surface area contributed by atoms with E-state index in [2.05, 4.69) is 4.72 Å². The lowest BCUT2D eigenvalue weighted by Crippen LogP contribution is -2.09. The van der Waals surface area contributed by atoms with Crippen LogP contribution in [0.5, 0.6) is 5.75 Å². The van der Waals surface area contributed by atoms with Crippen molar-refractivity contribution in [1.29, 1.82) is 0 Å². The molecule has 2 aromatic rings. The predicted octanol–water partition coefficient (Wildman–Crippen LogP) is 2.95. The Kier molecular flexibility index (Phi) is 5.97. The molecule has 0 saturated carbocycles. The van der Waals surface area contributed by atoms with E-state index < -0.39 is 16.0 Å². The molecule has 126 valence electrons. The third-order valence-corrected chi connectivity index (χ3v) is 3.95. The molecule has 0 radical (unpaired) electrons. The SMILES string of the molecule is O=C(O)CCOc1ccc(NS(=O)(=O)C=Cc2ccccc2)cc1. The van der Waals surface area contributed by atoms with Crippen LogP contribution in [-0.4, -0.2) is 26.1 Å². The van der Waals surface area contributed by atoms with Crippen molar-refractivity contribution in [1.82, 2.24) is 0 Å². The fourth-order valence-electron chi connectivity index (χ4n) is 1.81. The van der Waals surface area contributed by atoms with Crippen LogP contribution in [0.3, 0.4) is 0 Å². The molecule has 2 rings (SSSR count). The van der Waals surface area contributed by atoms with E-state index in [0.717, 1.165) is 11.0 Å². The number of sulfonamides is 1. The topological polar surface area (TPSA) is 92.7 Å². The Morgan fingerprint density at radius 2 is 1.75 bits per heavy atom. The maximum atomic E-state index is 12.0. The predicted molar refractivity (Wildman–Crippen MR) is 92.2 cm³/mol. The molecule has 7 heteroatoms. The highest BCUT2D eigenvalue weighted by Crippen LogP contribution is 2.17. The van der Waals surface area contributed by atoms with Crippen LogP contribution in [0.2, 0.25) is 0 Å². The lowest BCUT2D eigenvalue weighted by Gasteiger charge is -2.07. The monoisotopic (exact) mass is 347 g/mol. The Labute approximate surface area is 140 Å². The smallest absolute Gasteiger partial charge is 0.306 e. The van der Waals surface area contributed by atoms with Crippen LogP contribution >= 0.6 is 0 Å². The molecule has 2 aromatic carbocycles. The highest BCUT2D eigenvalue weighted by molar-refractivity contribution is 7.95. The van der Waals surface area contributed by atoms with E-state index in [0.29, 0.717) is 11.4 Å². The van der Waals surface area contributed by atoms with Gasteiger partial charge in [0.2, 0.25) is 0 Å². The molecule has 24 heavy (non-hydrogen) atoms. The maximum Gasteiger partial charge on any atom is 0.306 e. The van der Waals surface area contributed by atoms with Crippen LogP contribution in [-0.2, 0) is 14.8 Å². The van der Waals surface area contributed by atoms with Crippen LogP contribution in [0.25, 0.3) is 6.08 Å². The van der Waals surface area contributed by atoms with Gasteiger partial charge in [-0.1, -0.05) is 30.3 Å². The Hall–Kier alpha value is -2.80. The third-order valence-electron chi connectivity index (χ3n) is 2.94. The summed E-state index contributed by atoms with van der Waals surface area (Å²) in [5, 5.41) is 9.63. The Balaban J connectivity index is 1.94. The summed E-state index contributed by atoms with van der Waals surface area (Å²) in [5.41, 5.74) is 1.17. The number of carboxylic acid groups (broad SMARTS) is 1. The highest BCUT2D eigenvalue weighted by atomic mass is 32.2. The number of nitrogens with one attached hydrogen (secondary N) is 1. The number of rotatable bonds is 8. The van der Waals surface area contributed by atoms with Gasteiger partial charge in [-0.3, -0.25) is 9.52 Å². The zero-order valence-electron chi connectivity index (χ0n) is 12.8. The molecule has 6 nitrogen and oxygen atoms in total. The molecule has 0 spiro atoms. The average molecular weight is 347 g/mol. The lowest BCUT2D eigenvalue weighted by atomic mass is 10.2. The van der Waals surface area contributed by atoms with Crippen LogP contribution in [0.4, 0.5) is 5.69 Å². The van der Waals surface area contributed by atoms with Gasteiger partial charge >= 0.3 is 5.97 Å². The van der Waals surface area contributed by atoms with Gasteiger partial charge in [0.15, 0.2) is 0 Å². The van der Waals surface area contributed by atoms with Crippen molar-refractivity contribution in [3.63, 3.8) is 0 Å². The first-order valence-corrected chi connectivity index (χ1v) is 8.70. The highest BCUT2D eigenvalue weighted by Gasteiger charge is 2.06. The van der Waals surface area contributed by atoms with Gasteiger partial charge in [0.1, 0.15) is 5.75 Å². The van der Waals surface area contributed by atoms with Crippen molar-refractivity contribution in [2.75, 3.05) is 11.3 Å². The molecule has 0 aliphatic carbocycles. The van der Waals surface area contributed by atoms with Crippen LogP contribution in [0.1, 0.15) is 12.0 Å². The second-order valence-electron chi connectivity index (χ2n) is 4.88. The van der Waals surface area contributed by atoms with Gasteiger partial charge in [0, 0.05) is 5.69 Å². The van der Waals surface area contributed by atoms with E-state index in [1.807, 2.05) is 18.2 Å². The Bertz CT molecular complexity index is 799. The van der Waals surface area contributed by atoms with Gasteiger partial charge in [0.05, 0.1) is 18.4 Å². The number of aliphatic carboxylic acids is 1. The maximum absolute atomic E-state index is 12.0. The van der Waals surface area contributed by atoms with Gasteiger partial charge < -0.3 is 9.84 Å². The molecule has 0 aromatic heterocycles. The second-order valence-corrected chi connectivity index (χ2v) is 6.44. The first-order valence-electron chi connectivity index (χ1n) is 7.15. The first-order chi connectivity index (χ1) is 11.4. The number of carbonyl (C=O) groups is 1. The summed E-state index contributed by atoms with van der Waals surface area (Å²) in [6.07, 6.45) is 1.41. The molecule has 2 N–H and O–H groups in total. The Morgan fingerprint density at radius 1 is 1.08 bits per heavy atom. The summed E-state index contributed by atoms with van der Waals surface area (Å²) in [6.45, 7) is 0.0558. The molecule has 0 unspecified atom stereocenters.